The molecule has 0 aromatic carbocycles. The zero-order valence-corrected chi connectivity index (χ0v) is 8.39. The maximum Gasteiger partial charge on any atom is 0.303 e. The molecule has 1 fully saturated rings. The Labute approximate surface area is 87.3 Å². The second kappa shape index (κ2) is 4.39. The van der Waals surface area contributed by atoms with Crippen molar-refractivity contribution in [3.05, 3.63) is 11.9 Å². The summed E-state index contributed by atoms with van der Waals surface area (Å²) in [7, 11) is 0. The van der Waals surface area contributed by atoms with E-state index in [0.717, 1.165) is 25.2 Å². The summed E-state index contributed by atoms with van der Waals surface area (Å²) in [6.45, 7) is 1.88. The van der Waals surface area contributed by atoms with Crippen molar-refractivity contribution >= 4 is 5.97 Å². The number of hydrogen-bond donors (Lipinski definition) is 2. The van der Waals surface area contributed by atoms with Gasteiger partial charge in [0.25, 0.3) is 0 Å². The van der Waals surface area contributed by atoms with Crippen molar-refractivity contribution < 1.29 is 9.90 Å². The van der Waals surface area contributed by atoms with Crippen molar-refractivity contribution in [2.24, 2.45) is 0 Å². The van der Waals surface area contributed by atoms with Crippen LogP contribution in [-0.2, 0) is 11.2 Å². The fourth-order valence-electron chi connectivity index (χ4n) is 1.83. The third-order valence-corrected chi connectivity index (χ3v) is 2.62. The number of hydrogen-bond acceptors (Lipinski definition) is 4. The van der Waals surface area contributed by atoms with Crippen LogP contribution in [-0.4, -0.2) is 39.2 Å². The highest BCUT2D eigenvalue weighted by Crippen LogP contribution is 2.16. The second-order valence-corrected chi connectivity index (χ2v) is 3.71. The van der Waals surface area contributed by atoms with Crippen molar-refractivity contribution in [1.29, 1.82) is 0 Å². The summed E-state index contributed by atoms with van der Waals surface area (Å²) < 4.78 is 1.85. The van der Waals surface area contributed by atoms with Crippen molar-refractivity contribution in [3.8, 4) is 0 Å². The molecule has 1 aliphatic heterocycles. The number of nitrogens with zero attached hydrogens (tertiary/aromatic N) is 3. The van der Waals surface area contributed by atoms with Crippen molar-refractivity contribution in [2.45, 2.75) is 25.3 Å². The van der Waals surface area contributed by atoms with Gasteiger partial charge in [0.15, 0.2) is 0 Å². The van der Waals surface area contributed by atoms with E-state index < -0.39 is 5.97 Å². The van der Waals surface area contributed by atoms with Gasteiger partial charge in [0.1, 0.15) is 0 Å². The zero-order valence-electron chi connectivity index (χ0n) is 8.39. The number of aromatic nitrogens is 3. The number of aliphatic carboxylic acids is 1. The standard InChI is InChI=1S/C9H14N4O2/c14-9(15)2-1-7-6-11-12-13(7)8-3-4-10-5-8/h6,8,10H,1-5H2,(H,14,15). The molecule has 1 atom stereocenters. The average Bonchev–Trinajstić information content (AvgIpc) is 2.85. The van der Waals surface area contributed by atoms with E-state index in [-0.39, 0.29) is 6.42 Å². The first-order valence-corrected chi connectivity index (χ1v) is 5.09. The summed E-state index contributed by atoms with van der Waals surface area (Å²) >= 11 is 0. The molecule has 6 heteroatoms. The highest BCUT2D eigenvalue weighted by Gasteiger charge is 2.19. The Hall–Kier alpha value is -1.43. The minimum atomic E-state index is -0.785. The van der Waals surface area contributed by atoms with E-state index in [1.807, 2.05) is 4.68 Å². The molecule has 1 aliphatic rings. The first-order chi connectivity index (χ1) is 7.27. The van der Waals surface area contributed by atoms with Crippen molar-refractivity contribution in [3.63, 3.8) is 0 Å². The summed E-state index contributed by atoms with van der Waals surface area (Å²) in [4.78, 5) is 10.5. The highest BCUT2D eigenvalue weighted by molar-refractivity contribution is 5.66. The lowest BCUT2D eigenvalue weighted by molar-refractivity contribution is -0.137. The van der Waals surface area contributed by atoms with Crippen LogP contribution in [0.2, 0.25) is 0 Å². The molecular formula is C9H14N4O2. The van der Waals surface area contributed by atoms with Crippen LogP contribution in [0.25, 0.3) is 0 Å². The maximum absolute atomic E-state index is 10.5. The van der Waals surface area contributed by atoms with Gasteiger partial charge in [0, 0.05) is 13.0 Å². The summed E-state index contributed by atoms with van der Waals surface area (Å²) in [6.07, 6.45) is 3.32. The fraction of sp³-hybridized carbons (Fsp3) is 0.667. The van der Waals surface area contributed by atoms with Gasteiger partial charge >= 0.3 is 5.97 Å². The average molecular weight is 210 g/mol. The smallest absolute Gasteiger partial charge is 0.303 e. The Kier molecular flexibility index (Phi) is 2.96. The second-order valence-electron chi connectivity index (χ2n) is 3.71. The molecule has 0 radical (unpaired) electrons. The lowest BCUT2D eigenvalue weighted by Gasteiger charge is -2.11. The van der Waals surface area contributed by atoms with E-state index in [1.165, 1.54) is 0 Å². The Morgan fingerprint density at radius 3 is 3.27 bits per heavy atom. The van der Waals surface area contributed by atoms with Gasteiger partial charge in [-0.25, -0.2) is 4.68 Å². The van der Waals surface area contributed by atoms with Crippen LogP contribution < -0.4 is 5.32 Å². The van der Waals surface area contributed by atoms with Gasteiger partial charge in [0.05, 0.1) is 24.4 Å². The normalized spacial score (nSPS) is 20.7. The molecule has 82 valence electrons. The number of carbonyl (C=O) groups is 1. The first kappa shape index (κ1) is 10.1. The largest absolute Gasteiger partial charge is 0.481 e. The Morgan fingerprint density at radius 2 is 2.60 bits per heavy atom. The summed E-state index contributed by atoms with van der Waals surface area (Å²) in [5, 5.41) is 19.7. The van der Waals surface area contributed by atoms with Gasteiger partial charge in [-0.1, -0.05) is 5.21 Å². The third kappa shape index (κ3) is 2.33. The number of carboxylic acid groups (broad SMARTS) is 1. The molecule has 0 spiro atoms. The minimum absolute atomic E-state index is 0.132. The lowest BCUT2D eigenvalue weighted by Crippen LogP contribution is -2.17. The fourth-order valence-corrected chi connectivity index (χ4v) is 1.83. The molecule has 1 saturated heterocycles. The van der Waals surface area contributed by atoms with Crippen LogP contribution in [0.5, 0.6) is 0 Å². The van der Waals surface area contributed by atoms with E-state index in [2.05, 4.69) is 15.6 Å². The SMILES string of the molecule is O=C(O)CCc1cnnn1C1CCNC1. The number of carboxylic acids is 1. The molecule has 0 saturated carbocycles. The first-order valence-electron chi connectivity index (χ1n) is 5.09. The quantitative estimate of drug-likeness (QED) is 0.721. The zero-order chi connectivity index (χ0) is 10.7. The van der Waals surface area contributed by atoms with E-state index in [9.17, 15) is 4.79 Å². The van der Waals surface area contributed by atoms with Crippen molar-refractivity contribution in [2.75, 3.05) is 13.1 Å². The molecule has 2 N–H and O–H groups in total. The van der Waals surface area contributed by atoms with E-state index in [1.54, 1.807) is 6.20 Å². The number of nitrogens with one attached hydrogen (secondary N) is 1. The Morgan fingerprint density at radius 1 is 1.73 bits per heavy atom. The molecule has 1 aromatic heterocycles. The number of rotatable bonds is 4. The minimum Gasteiger partial charge on any atom is -0.481 e. The predicted octanol–water partition coefficient (Wildman–Crippen LogP) is -0.170. The van der Waals surface area contributed by atoms with Gasteiger partial charge in [-0.15, -0.1) is 5.10 Å². The Bertz CT molecular complexity index is 344. The van der Waals surface area contributed by atoms with Crippen LogP contribution in [0.4, 0.5) is 0 Å². The molecule has 2 heterocycles. The topological polar surface area (TPSA) is 80.0 Å². The third-order valence-electron chi connectivity index (χ3n) is 2.62. The van der Waals surface area contributed by atoms with Gasteiger partial charge in [-0.2, -0.15) is 0 Å². The van der Waals surface area contributed by atoms with Crippen LogP contribution in [0, 0.1) is 0 Å². The predicted molar refractivity (Wildman–Crippen MR) is 52.5 cm³/mol. The van der Waals surface area contributed by atoms with Gasteiger partial charge in [0.2, 0.25) is 0 Å². The maximum atomic E-state index is 10.5. The molecule has 15 heavy (non-hydrogen) atoms. The molecule has 1 unspecified atom stereocenters. The van der Waals surface area contributed by atoms with E-state index in [0.29, 0.717) is 12.5 Å². The monoisotopic (exact) mass is 210 g/mol. The molecule has 0 aliphatic carbocycles. The van der Waals surface area contributed by atoms with Crippen LogP contribution in [0.15, 0.2) is 6.20 Å². The van der Waals surface area contributed by atoms with Gasteiger partial charge in [-0.3, -0.25) is 4.79 Å². The number of aryl methyl sites for hydroxylation is 1. The molecule has 0 amide bonds. The van der Waals surface area contributed by atoms with Gasteiger partial charge in [-0.05, 0) is 13.0 Å². The van der Waals surface area contributed by atoms with Gasteiger partial charge < -0.3 is 10.4 Å². The lowest BCUT2D eigenvalue weighted by atomic mass is 10.2. The van der Waals surface area contributed by atoms with Crippen LogP contribution in [0.1, 0.15) is 24.6 Å². The summed E-state index contributed by atoms with van der Waals surface area (Å²) in [5.74, 6) is -0.785. The van der Waals surface area contributed by atoms with Crippen LogP contribution in [0.3, 0.4) is 0 Å². The highest BCUT2D eigenvalue weighted by atomic mass is 16.4. The van der Waals surface area contributed by atoms with Crippen molar-refractivity contribution in [1.82, 2.24) is 20.3 Å². The summed E-state index contributed by atoms with van der Waals surface area (Å²) in [5.41, 5.74) is 0.908. The molecule has 0 bridgehead atoms. The molecule has 2 rings (SSSR count). The summed E-state index contributed by atoms with van der Waals surface area (Å²) in [6, 6.07) is 0.330. The molecule has 1 aromatic rings. The van der Waals surface area contributed by atoms with E-state index >= 15 is 0 Å². The molecular weight excluding hydrogens is 196 g/mol. The van der Waals surface area contributed by atoms with Crippen LogP contribution >= 0.6 is 0 Å². The Balaban J connectivity index is 2.04. The van der Waals surface area contributed by atoms with E-state index in [4.69, 9.17) is 5.11 Å². The molecule has 6 nitrogen and oxygen atoms in total.